The average Bonchev–Trinajstić information content (AvgIpc) is 3.26. The summed E-state index contributed by atoms with van der Waals surface area (Å²) in [5.74, 6) is 0.154. The lowest BCUT2D eigenvalue weighted by Gasteiger charge is -2.26. The Balaban J connectivity index is 1.67. The van der Waals surface area contributed by atoms with Crippen LogP contribution in [-0.2, 0) is 4.74 Å². The van der Waals surface area contributed by atoms with Crippen LogP contribution < -0.4 is 19.8 Å². The maximum absolute atomic E-state index is 13.9. The lowest BCUT2D eigenvalue weighted by molar-refractivity contribution is 0.0526. The third kappa shape index (κ3) is 4.81. The van der Waals surface area contributed by atoms with Crippen LogP contribution in [0.2, 0.25) is 0 Å². The molecular weight excluding hydrogens is 510 g/mol. The Bertz CT molecular complexity index is 1640. The highest BCUT2D eigenvalue weighted by Gasteiger charge is 2.44. The molecule has 2 heterocycles. The first kappa shape index (κ1) is 27.0. The summed E-state index contributed by atoms with van der Waals surface area (Å²) < 4.78 is 22.7. The summed E-state index contributed by atoms with van der Waals surface area (Å²) in [5.41, 5.74) is 2.74. The van der Waals surface area contributed by atoms with Crippen molar-refractivity contribution in [1.29, 1.82) is 0 Å². The van der Waals surface area contributed by atoms with E-state index in [4.69, 9.17) is 18.6 Å². The van der Waals surface area contributed by atoms with Gasteiger partial charge in [-0.1, -0.05) is 31.0 Å². The monoisotopic (exact) mass is 541 g/mol. The Morgan fingerprint density at radius 3 is 2.45 bits per heavy atom. The quantitative estimate of drug-likeness (QED) is 0.183. The zero-order valence-corrected chi connectivity index (χ0v) is 23.0. The van der Waals surface area contributed by atoms with Gasteiger partial charge in [-0.3, -0.25) is 14.5 Å². The normalized spacial score (nSPS) is 14.3. The maximum atomic E-state index is 13.9. The average molecular weight is 542 g/mol. The molecule has 5 rings (SSSR count). The molecule has 1 aromatic heterocycles. The van der Waals surface area contributed by atoms with Crippen molar-refractivity contribution in [2.75, 3.05) is 25.2 Å². The van der Waals surface area contributed by atoms with Gasteiger partial charge in [-0.2, -0.15) is 0 Å². The minimum absolute atomic E-state index is 0.0111. The molecule has 0 spiro atoms. The van der Waals surface area contributed by atoms with Gasteiger partial charge in [0, 0.05) is 5.69 Å². The number of unbranched alkanes of at least 4 members (excludes halogenated alkanes) is 1. The summed E-state index contributed by atoms with van der Waals surface area (Å²) in [4.78, 5) is 41.6. The minimum atomic E-state index is -0.796. The fourth-order valence-electron chi connectivity index (χ4n) is 4.94. The molecule has 0 aliphatic carbocycles. The number of benzene rings is 3. The van der Waals surface area contributed by atoms with E-state index in [0.717, 1.165) is 18.4 Å². The number of nitrogens with zero attached hydrogens (tertiary/aromatic N) is 1. The standard InChI is InChI=1S/C32H31NO7/c1-5-7-16-39-25-15-11-21(18-26(25)37-4)28-27-29(34)23-17-19(3)8-14-24(23)40-30(27)31(35)33(28)22-12-9-20(10-13-22)32(36)38-6-2/h8-15,17-18,28H,5-7,16H2,1-4H3. The van der Waals surface area contributed by atoms with Crippen LogP contribution >= 0.6 is 0 Å². The topological polar surface area (TPSA) is 95.3 Å². The number of aryl methyl sites for hydroxylation is 1. The van der Waals surface area contributed by atoms with Gasteiger partial charge in [0.25, 0.3) is 5.91 Å². The van der Waals surface area contributed by atoms with E-state index in [1.165, 1.54) is 4.90 Å². The highest BCUT2D eigenvalue weighted by atomic mass is 16.5. The number of carbonyl (C=O) groups excluding carboxylic acids is 2. The molecule has 1 atom stereocenters. The molecule has 4 aromatic rings. The first-order valence-corrected chi connectivity index (χ1v) is 13.4. The molecule has 0 saturated carbocycles. The van der Waals surface area contributed by atoms with Gasteiger partial charge in [-0.15, -0.1) is 0 Å². The molecule has 1 unspecified atom stereocenters. The summed E-state index contributed by atoms with van der Waals surface area (Å²) in [6.45, 7) is 6.52. The second-order valence-electron chi connectivity index (χ2n) is 9.63. The molecule has 0 saturated heterocycles. The van der Waals surface area contributed by atoms with Crippen LogP contribution in [0, 0.1) is 6.92 Å². The van der Waals surface area contributed by atoms with Gasteiger partial charge < -0.3 is 18.6 Å². The van der Waals surface area contributed by atoms with Crippen LogP contribution in [0.5, 0.6) is 11.5 Å². The zero-order chi connectivity index (χ0) is 28.4. The van der Waals surface area contributed by atoms with E-state index in [2.05, 4.69) is 6.92 Å². The van der Waals surface area contributed by atoms with E-state index >= 15 is 0 Å². The highest BCUT2D eigenvalue weighted by molar-refractivity contribution is 6.11. The third-order valence-corrected chi connectivity index (χ3v) is 6.94. The second kappa shape index (κ2) is 11.3. The van der Waals surface area contributed by atoms with E-state index in [1.54, 1.807) is 62.6 Å². The predicted octanol–water partition coefficient (Wildman–Crippen LogP) is 6.22. The molecule has 1 amide bonds. The Morgan fingerprint density at radius 2 is 1.75 bits per heavy atom. The van der Waals surface area contributed by atoms with E-state index in [-0.39, 0.29) is 23.4 Å². The molecule has 1 aliphatic rings. The van der Waals surface area contributed by atoms with Crippen LogP contribution in [0.25, 0.3) is 11.0 Å². The van der Waals surface area contributed by atoms with Crippen LogP contribution in [0.3, 0.4) is 0 Å². The van der Waals surface area contributed by atoms with Crippen molar-refractivity contribution >= 4 is 28.5 Å². The van der Waals surface area contributed by atoms with Crippen molar-refractivity contribution in [3.05, 3.63) is 98.9 Å². The van der Waals surface area contributed by atoms with Gasteiger partial charge in [-0.05, 0) is 74.4 Å². The van der Waals surface area contributed by atoms with Gasteiger partial charge in [0.15, 0.2) is 16.9 Å². The van der Waals surface area contributed by atoms with E-state index in [1.807, 2.05) is 19.1 Å². The van der Waals surface area contributed by atoms with Crippen molar-refractivity contribution < 1.29 is 28.2 Å². The Kier molecular flexibility index (Phi) is 7.60. The number of methoxy groups -OCH3 is 1. The smallest absolute Gasteiger partial charge is 0.338 e. The number of anilines is 1. The highest BCUT2D eigenvalue weighted by Crippen LogP contribution is 2.43. The number of fused-ring (bicyclic) bond motifs is 2. The number of hydrogen-bond acceptors (Lipinski definition) is 7. The number of esters is 1. The second-order valence-corrected chi connectivity index (χ2v) is 9.63. The van der Waals surface area contributed by atoms with Crippen LogP contribution in [0.4, 0.5) is 5.69 Å². The summed E-state index contributed by atoms with van der Waals surface area (Å²) in [6.07, 6.45) is 1.90. The summed E-state index contributed by atoms with van der Waals surface area (Å²) >= 11 is 0. The molecule has 1 aliphatic heterocycles. The van der Waals surface area contributed by atoms with E-state index < -0.39 is 17.9 Å². The molecule has 8 nitrogen and oxygen atoms in total. The van der Waals surface area contributed by atoms with Gasteiger partial charge in [0.05, 0.1) is 42.9 Å². The molecule has 0 N–H and O–H groups in total. The third-order valence-electron chi connectivity index (χ3n) is 6.94. The summed E-state index contributed by atoms with van der Waals surface area (Å²) in [5, 5.41) is 0.405. The molecule has 8 heteroatoms. The lowest BCUT2D eigenvalue weighted by atomic mass is 9.97. The van der Waals surface area contributed by atoms with Gasteiger partial charge in [-0.25, -0.2) is 4.79 Å². The van der Waals surface area contributed by atoms with Gasteiger partial charge in [0.1, 0.15) is 5.58 Å². The molecule has 40 heavy (non-hydrogen) atoms. The van der Waals surface area contributed by atoms with Crippen molar-refractivity contribution in [3.63, 3.8) is 0 Å². The minimum Gasteiger partial charge on any atom is -0.493 e. The first-order valence-electron chi connectivity index (χ1n) is 13.4. The molecule has 0 bridgehead atoms. The lowest BCUT2D eigenvalue weighted by Crippen LogP contribution is -2.29. The number of hydrogen-bond donors (Lipinski definition) is 0. The molecular formula is C32H31NO7. The van der Waals surface area contributed by atoms with Crippen molar-refractivity contribution in [2.24, 2.45) is 0 Å². The van der Waals surface area contributed by atoms with Gasteiger partial charge in [0.2, 0.25) is 5.76 Å². The van der Waals surface area contributed by atoms with Crippen LogP contribution in [0.1, 0.15) is 70.3 Å². The predicted molar refractivity (Wildman–Crippen MR) is 152 cm³/mol. The van der Waals surface area contributed by atoms with Crippen molar-refractivity contribution in [2.45, 2.75) is 39.7 Å². The Morgan fingerprint density at radius 1 is 0.975 bits per heavy atom. The number of rotatable bonds is 9. The summed E-state index contributed by atoms with van der Waals surface area (Å²) in [6, 6.07) is 16.4. The number of ether oxygens (including phenoxy) is 3. The van der Waals surface area contributed by atoms with Gasteiger partial charge >= 0.3 is 5.97 Å². The molecule has 0 radical (unpaired) electrons. The fourth-order valence-corrected chi connectivity index (χ4v) is 4.94. The van der Waals surface area contributed by atoms with Crippen LogP contribution in [-0.4, -0.2) is 32.2 Å². The number of amides is 1. The van der Waals surface area contributed by atoms with Crippen molar-refractivity contribution in [3.8, 4) is 11.5 Å². The zero-order valence-electron chi connectivity index (χ0n) is 23.0. The van der Waals surface area contributed by atoms with E-state index in [9.17, 15) is 14.4 Å². The van der Waals surface area contributed by atoms with Crippen molar-refractivity contribution in [1.82, 2.24) is 0 Å². The molecule has 206 valence electrons. The summed E-state index contributed by atoms with van der Waals surface area (Å²) in [7, 11) is 1.55. The number of carbonyl (C=O) groups is 2. The SMILES string of the molecule is CCCCOc1ccc(C2c3c(oc4ccc(C)cc4c3=O)C(=O)N2c2ccc(C(=O)OCC)cc2)cc1OC. The first-order chi connectivity index (χ1) is 19.4. The Labute approximate surface area is 232 Å². The Hall–Kier alpha value is -4.59. The largest absolute Gasteiger partial charge is 0.493 e. The van der Waals surface area contributed by atoms with Crippen LogP contribution in [0.15, 0.2) is 69.9 Å². The fraction of sp³-hybridized carbons (Fsp3) is 0.281. The molecule has 3 aromatic carbocycles. The molecule has 0 fully saturated rings. The maximum Gasteiger partial charge on any atom is 0.338 e. The van der Waals surface area contributed by atoms with E-state index in [0.29, 0.717) is 45.9 Å².